The fourth-order valence-corrected chi connectivity index (χ4v) is 2.32. The van der Waals surface area contributed by atoms with Crippen LogP contribution in [0, 0.1) is 0 Å². The van der Waals surface area contributed by atoms with Crippen molar-refractivity contribution in [3.63, 3.8) is 0 Å². The Morgan fingerprint density at radius 2 is 1.68 bits per heavy atom. The van der Waals surface area contributed by atoms with Crippen LogP contribution in [-0.4, -0.2) is 32.6 Å². The molecule has 0 aromatic heterocycles. The van der Waals surface area contributed by atoms with E-state index in [1.54, 1.807) is 7.11 Å². The van der Waals surface area contributed by atoms with Gasteiger partial charge in [-0.3, -0.25) is 0 Å². The Hall–Kier alpha value is -2.00. The lowest BCUT2D eigenvalue weighted by atomic mass is 10.1. The van der Waals surface area contributed by atoms with Gasteiger partial charge in [0.25, 0.3) is 0 Å². The summed E-state index contributed by atoms with van der Waals surface area (Å²) in [5.41, 5.74) is 2.44. The average molecular weight is 299 g/mol. The molecular formula is C19H25NO2. The maximum absolute atomic E-state index is 5.95. The lowest BCUT2D eigenvalue weighted by molar-refractivity contribution is 0.284. The molecule has 0 bridgehead atoms. The Morgan fingerprint density at radius 3 is 2.36 bits per heavy atom. The minimum atomic E-state index is 0.554. The van der Waals surface area contributed by atoms with Crippen molar-refractivity contribution in [1.82, 2.24) is 4.90 Å². The normalized spacial score (nSPS) is 10.7. The third kappa shape index (κ3) is 5.08. The molecule has 0 saturated heterocycles. The fraction of sp³-hybridized carbons (Fsp3) is 0.368. The number of nitrogens with zero attached hydrogens (tertiary/aromatic N) is 1. The predicted octanol–water partition coefficient (Wildman–Crippen LogP) is 3.77. The molecule has 0 N–H and O–H groups in total. The molecular weight excluding hydrogens is 274 g/mol. The zero-order chi connectivity index (χ0) is 15.8. The minimum Gasteiger partial charge on any atom is -0.493 e. The Balaban J connectivity index is 2.01. The van der Waals surface area contributed by atoms with Gasteiger partial charge in [0.15, 0.2) is 11.5 Å². The quantitative estimate of drug-likeness (QED) is 0.740. The maximum atomic E-state index is 5.95. The van der Waals surface area contributed by atoms with Gasteiger partial charge in [-0.2, -0.15) is 0 Å². The van der Waals surface area contributed by atoms with Gasteiger partial charge in [-0.25, -0.2) is 0 Å². The molecule has 0 fully saturated rings. The average Bonchev–Trinajstić information content (AvgIpc) is 2.54. The van der Waals surface area contributed by atoms with Gasteiger partial charge in [-0.1, -0.05) is 36.4 Å². The van der Waals surface area contributed by atoms with Crippen LogP contribution in [-0.2, 0) is 13.0 Å². The molecule has 0 aliphatic carbocycles. The van der Waals surface area contributed by atoms with Gasteiger partial charge >= 0.3 is 0 Å². The van der Waals surface area contributed by atoms with E-state index in [2.05, 4.69) is 43.3 Å². The molecule has 0 heterocycles. The number of aryl methyl sites for hydroxylation is 1. The number of hydrogen-bond donors (Lipinski definition) is 0. The van der Waals surface area contributed by atoms with Gasteiger partial charge in [-0.15, -0.1) is 0 Å². The SMILES string of the molecule is COc1ccc(CCCN(C)C)cc1OCc1ccccc1. The molecule has 2 aromatic rings. The smallest absolute Gasteiger partial charge is 0.161 e. The standard InChI is InChI=1S/C19H25NO2/c1-20(2)13-7-10-16-11-12-18(21-3)19(14-16)22-15-17-8-5-4-6-9-17/h4-6,8-9,11-12,14H,7,10,13,15H2,1-3H3. The molecule has 2 aromatic carbocycles. The summed E-state index contributed by atoms with van der Waals surface area (Å²) in [7, 11) is 5.88. The third-order valence-electron chi connectivity index (χ3n) is 3.54. The van der Waals surface area contributed by atoms with Crippen LogP contribution in [0.3, 0.4) is 0 Å². The summed E-state index contributed by atoms with van der Waals surface area (Å²) in [6, 6.07) is 16.4. The third-order valence-corrected chi connectivity index (χ3v) is 3.54. The summed E-state index contributed by atoms with van der Waals surface area (Å²) in [5.74, 6) is 1.60. The largest absolute Gasteiger partial charge is 0.493 e. The molecule has 0 unspecified atom stereocenters. The first-order valence-corrected chi connectivity index (χ1v) is 7.67. The van der Waals surface area contributed by atoms with Gasteiger partial charge < -0.3 is 14.4 Å². The van der Waals surface area contributed by atoms with Crippen LogP contribution in [0.4, 0.5) is 0 Å². The number of hydrogen-bond acceptors (Lipinski definition) is 3. The Morgan fingerprint density at radius 1 is 0.909 bits per heavy atom. The van der Waals surface area contributed by atoms with Crippen molar-refractivity contribution in [3.05, 3.63) is 59.7 Å². The maximum Gasteiger partial charge on any atom is 0.161 e. The number of ether oxygens (including phenoxy) is 2. The zero-order valence-corrected chi connectivity index (χ0v) is 13.7. The second-order valence-corrected chi connectivity index (χ2v) is 5.67. The van der Waals surface area contributed by atoms with Crippen molar-refractivity contribution in [1.29, 1.82) is 0 Å². The molecule has 0 aliphatic heterocycles. The molecule has 118 valence electrons. The van der Waals surface area contributed by atoms with Crippen molar-refractivity contribution in [3.8, 4) is 11.5 Å². The molecule has 0 aliphatic rings. The number of methoxy groups -OCH3 is 1. The summed E-state index contributed by atoms with van der Waals surface area (Å²) < 4.78 is 11.3. The summed E-state index contributed by atoms with van der Waals surface area (Å²) in [4.78, 5) is 2.20. The summed E-state index contributed by atoms with van der Waals surface area (Å²) in [6.45, 7) is 1.64. The Kier molecular flexibility index (Phi) is 6.28. The lowest BCUT2D eigenvalue weighted by Crippen LogP contribution is -2.13. The molecule has 0 saturated carbocycles. The van der Waals surface area contributed by atoms with E-state index in [1.807, 2.05) is 24.3 Å². The van der Waals surface area contributed by atoms with Crippen molar-refractivity contribution in [2.24, 2.45) is 0 Å². The van der Waals surface area contributed by atoms with Crippen LogP contribution in [0.2, 0.25) is 0 Å². The van der Waals surface area contributed by atoms with Crippen LogP contribution in [0.15, 0.2) is 48.5 Å². The monoisotopic (exact) mass is 299 g/mol. The van der Waals surface area contributed by atoms with Gasteiger partial charge in [0, 0.05) is 0 Å². The van der Waals surface area contributed by atoms with Gasteiger partial charge in [0.05, 0.1) is 7.11 Å². The zero-order valence-electron chi connectivity index (χ0n) is 13.7. The van der Waals surface area contributed by atoms with Crippen LogP contribution in [0.1, 0.15) is 17.5 Å². The summed E-state index contributed by atoms with van der Waals surface area (Å²) >= 11 is 0. The van der Waals surface area contributed by atoms with Crippen LogP contribution in [0.25, 0.3) is 0 Å². The highest BCUT2D eigenvalue weighted by Crippen LogP contribution is 2.29. The molecule has 3 nitrogen and oxygen atoms in total. The van der Waals surface area contributed by atoms with Crippen LogP contribution >= 0.6 is 0 Å². The van der Waals surface area contributed by atoms with E-state index in [0.717, 1.165) is 36.4 Å². The van der Waals surface area contributed by atoms with Crippen molar-refractivity contribution < 1.29 is 9.47 Å². The predicted molar refractivity (Wildman–Crippen MR) is 90.6 cm³/mol. The van der Waals surface area contributed by atoms with Crippen LogP contribution in [0.5, 0.6) is 11.5 Å². The first-order chi connectivity index (χ1) is 10.7. The van der Waals surface area contributed by atoms with Crippen LogP contribution < -0.4 is 9.47 Å². The second kappa shape index (κ2) is 8.44. The van der Waals surface area contributed by atoms with E-state index in [4.69, 9.17) is 9.47 Å². The van der Waals surface area contributed by atoms with Gasteiger partial charge in [0.2, 0.25) is 0 Å². The molecule has 2 rings (SSSR count). The van der Waals surface area contributed by atoms with Crippen molar-refractivity contribution in [2.45, 2.75) is 19.4 Å². The highest BCUT2D eigenvalue weighted by atomic mass is 16.5. The van der Waals surface area contributed by atoms with Crippen molar-refractivity contribution in [2.75, 3.05) is 27.7 Å². The number of benzene rings is 2. The topological polar surface area (TPSA) is 21.7 Å². The van der Waals surface area contributed by atoms with Crippen molar-refractivity contribution >= 4 is 0 Å². The Labute approximate surface area is 133 Å². The minimum absolute atomic E-state index is 0.554. The van der Waals surface area contributed by atoms with E-state index in [-0.39, 0.29) is 0 Å². The lowest BCUT2D eigenvalue weighted by Gasteiger charge is -2.13. The molecule has 0 spiro atoms. The second-order valence-electron chi connectivity index (χ2n) is 5.67. The molecule has 22 heavy (non-hydrogen) atoms. The highest BCUT2D eigenvalue weighted by Gasteiger charge is 2.06. The molecule has 3 heteroatoms. The van der Waals surface area contributed by atoms with E-state index in [0.29, 0.717) is 6.61 Å². The highest BCUT2D eigenvalue weighted by molar-refractivity contribution is 5.43. The molecule has 0 radical (unpaired) electrons. The summed E-state index contributed by atoms with van der Waals surface area (Å²) in [5, 5.41) is 0. The summed E-state index contributed by atoms with van der Waals surface area (Å²) in [6.07, 6.45) is 2.18. The first kappa shape index (κ1) is 16.4. The number of rotatable bonds is 8. The molecule has 0 atom stereocenters. The Bertz CT molecular complexity index is 567. The van der Waals surface area contributed by atoms with Gasteiger partial charge in [-0.05, 0) is 56.7 Å². The van der Waals surface area contributed by atoms with E-state index >= 15 is 0 Å². The van der Waals surface area contributed by atoms with E-state index < -0.39 is 0 Å². The van der Waals surface area contributed by atoms with E-state index in [9.17, 15) is 0 Å². The van der Waals surface area contributed by atoms with E-state index in [1.165, 1.54) is 5.56 Å². The van der Waals surface area contributed by atoms with Gasteiger partial charge in [0.1, 0.15) is 6.61 Å². The fourth-order valence-electron chi connectivity index (χ4n) is 2.32. The molecule has 0 amide bonds. The first-order valence-electron chi connectivity index (χ1n) is 7.67.